The molecule has 156 valence electrons. The minimum atomic E-state index is -4.22. The van der Waals surface area contributed by atoms with Gasteiger partial charge in [-0.2, -0.15) is 13.2 Å². The zero-order valence-electron chi connectivity index (χ0n) is 16.3. The first-order chi connectivity index (χ1) is 13.6. The van der Waals surface area contributed by atoms with Gasteiger partial charge >= 0.3 is 6.18 Å². The predicted octanol–water partition coefficient (Wildman–Crippen LogP) is 6.24. The third-order valence-electron chi connectivity index (χ3n) is 4.80. The average Bonchev–Trinajstić information content (AvgIpc) is 2.64. The normalized spacial score (nSPS) is 14.5. The molecule has 0 unspecified atom stereocenters. The minimum absolute atomic E-state index is 0.144. The lowest BCUT2D eigenvalue weighted by molar-refractivity contribution is -0.137. The SMILES string of the molecule is C=Cc1ccc(CN2CC(C(=C)O)C2)c(F)c1.CCc1cccc(C(F)(F)F)c1. The van der Waals surface area contributed by atoms with Crippen molar-refractivity contribution in [1.82, 2.24) is 4.90 Å². The van der Waals surface area contributed by atoms with Crippen molar-refractivity contribution in [2.75, 3.05) is 13.1 Å². The number of aliphatic hydroxyl groups is 1. The second-order valence-electron chi connectivity index (χ2n) is 6.99. The van der Waals surface area contributed by atoms with E-state index in [0.29, 0.717) is 24.1 Å². The monoisotopic (exact) mass is 407 g/mol. The van der Waals surface area contributed by atoms with E-state index in [0.717, 1.165) is 24.7 Å². The Labute approximate surface area is 168 Å². The number of benzene rings is 2. The fraction of sp³-hybridized carbons (Fsp3) is 0.304. The molecule has 1 fully saturated rings. The van der Waals surface area contributed by atoms with Crippen molar-refractivity contribution in [3.05, 3.63) is 89.5 Å². The van der Waals surface area contributed by atoms with Crippen molar-refractivity contribution in [2.45, 2.75) is 26.1 Å². The first-order valence-corrected chi connectivity index (χ1v) is 9.31. The second kappa shape index (κ2) is 9.74. The van der Waals surface area contributed by atoms with Gasteiger partial charge in [0, 0.05) is 31.1 Å². The molecule has 0 amide bonds. The van der Waals surface area contributed by atoms with Gasteiger partial charge in [-0.05, 0) is 29.7 Å². The molecule has 6 heteroatoms. The highest BCUT2D eigenvalue weighted by Gasteiger charge is 2.30. The summed E-state index contributed by atoms with van der Waals surface area (Å²) in [5.74, 6) is 0.169. The number of nitrogens with zero attached hydrogens (tertiary/aromatic N) is 1. The standard InChI is InChI=1S/C14H16FNO.C9H9F3/c1-3-11-4-5-12(14(15)6-11)7-16-8-13(9-16)10(2)17;1-2-7-4-3-5-8(6-7)9(10,11)12/h3-6,13,17H,1-2,7-9H2;3-6H,2H2,1H3. The summed E-state index contributed by atoms with van der Waals surface area (Å²) in [4.78, 5) is 2.08. The molecule has 1 N–H and O–H groups in total. The number of halogens is 4. The minimum Gasteiger partial charge on any atom is -0.513 e. The molecule has 0 aliphatic carbocycles. The second-order valence-corrected chi connectivity index (χ2v) is 6.99. The lowest BCUT2D eigenvalue weighted by Crippen LogP contribution is -2.46. The van der Waals surface area contributed by atoms with Gasteiger partial charge in [-0.3, -0.25) is 4.90 Å². The van der Waals surface area contributed by atoms with Crippen LogP contribution in [0.4, 0.5) is 17.6 Å². The van der Waals surface area contributed by atoms with Crippen molar-refractivity contribution in [3.63, 3.8) is 0 Å². The van der Waals surface area contributed by atoms with Gasteiger partial charge in [-0.25, -0.2) is 4.39 Å². The van der Waals surface area contributed by atoms with Crippen LogP contribution in [0.5, 0.6) is 0 Å². The van der Waals surface area contributed by atoms with Crippen LogP contribution >= 0.6 is 0 Å². The summed E-state index contributed by atoms with van der Waals surface area (Å²) in [6.45, 7) is 11.0. The molecule has 0 saturated carbocycles. The molecule has 0 atom stereocenters. The van der Waals surface area contributed by atoms with Crippen LogP contribution in [0.15, 0.2) is 61.4 Å². The van der Waals surface area contributed by atoms with Gasteiger partial charge in [-0.15, -0.1) is 0 Å². The zero-order chi connectivity index (χ0) is 21.6. The lowest BCUT2D eigenvalue weighted by Gasteiger charge is -2.38. The first-order valence-electron chi connectivity index (χ1n) is 9.31. The van der Waals surface area contributed by atoms with E-state index in [1.807, 2.05) is 13.0 Å². The van der Waals surface area contributed by atoms with Crippen LogP contribution in [-0.4, -0.2) is 23.1 Å². The van der Waals surface area contributed by atoms with Gasteiger partial charge in [0.25, 0.3) is 0 Å². The van der Waals surface area contributed by atoms with Crippen molar-refractivity contribution in [2.24, 2.45) is 5.92 Å². The number of likely N-dealkylation sites (tertiary alicyclic amines) is 1. The molecule has 2 aromatic rings. The molecule has 1 saturated heterocycles. The zero-order valence-corrected chi connectivity index (χ0v) is 16.3. The van der Waals surface area contributed by atoms with Crippen LogP contribution in [-0.2, 0) is 19.1 Å². The number of alkyl halides is 3. The Hall–Kier alpha value is -2.60. The topological polar surface area (TPSA) is 23.5 Å². The smallest absolute Gasteiger partial charge is 0.416 e. The van der Waals surface area contributed by atoms with Crippen molar-refractivity contribution in [3.8, 4) is 0 Å². The molecule has 1 heterocycles. The Bertz CT molecular complexity index is 854. The van der Waals surface area contributed by atoms with Crippen molar-refractivity contribution in [1.29, 1.82) is 0 Å². The Morgan fingerprint density at radius 3 is 2.41 bits per heavy atom. The largest absolute Gasteiger partial charge is 0.513 e. The van der Waals surface area contributed by atoms with E-state index < -0.39 is 11.7 Å². The third kappa shape index (κ3) is 6.46. The maximum Gasteiger partial charge on any atom is 0.416 e. The molecule has 0 bridgehead atoms. The fourth-order valence-corrected chi connectivity index (χ4v) is 2.94. The number of aryl methyl sites for hydroxylation is 1. The van der Waals surface area contributed by atoms with Gasteiger partial charge < -0.3 is 5.11 Å². The Morgan fingerprint density at radius 2 is 1.90 bits per heavy atom. The number of hydrogen-bond donors (Lipinski definition) is 1. The van der Waals surface area contributed by atoms with Gasteiger partial charge in [-0.1, -0.05) is 56.5 Å². The van der Waals surface area contributed by atoms with E-state index in [-0.39, 0.29) is 17.5 Å². The van der Waals surface area contributed by atoms with E-state index in [1.165, 1.54) is 18.2 Å². The first kappa shape index (κ1) is 22.7. The molecular formula is C23H25F4NO. The van der Waals surface area contributed by atoms with E-state index >= 15 is 0 Å². The van der Waals surface area contributed by atoms with Gasteiger partial charge in [0.1, 0.15) is 5.82 Å². The molecule has 2 nitrogen and oxygen atoms in total. The highest BCUT2D eigenvalue weighted by molar-refractivity contribution is 5.47. The Morgan fingerprint density at radius 1 is 1.21 bits per heavy atom. The summed E-state index contributed by atoms with van der Waals surface area (Å²) in [6.07, 6.45) is -1.96. The van der Waals surface area contributed by atoms with Crippen LogP contribution in [0.2, 0.25) is 0 Å². The predicted molar refractivity (Wildman–Crippen MR) is 108 cm³/mol. The van der Waals surface area contributed by atoms with Crippen LogP contribution in [0.25, 0.3) is 6.08 Å². The maximum atomic E-state index is 13.7. The summed E-state index contributed by atoms with van der Waals surface area (Å²) in [7, 11) is 0. The molecule has 1 aliphatic heterocycles. The van der Waals surface area contributed by atoms with E-state index in [4.69, 9.17) is 0 Å². The molecule has 29 heavy (non-hydrogen) atoms. The number of rotatable bonds is 5. The van der Waals surface area contributed by atoms with Gasteiger partial charge in [0.05, 0.1) is 11.3 Å². The molecular weight excluding hydrogens is 382 g/mol. The summed E-state index contributed by atoms with van der Waals surface area (Å²) >= 11 is 0. The fourth-order valence-electron chi connectivity index (χ4n) is 2.94. The highest BCUT2D eigenvalue weighted by atomic mass is 19.4. The summed E-state index contributed by atoms with van der Waals surface area (Å²) in [5, 5.41) is 9.17. The van der Waals surface area contributed by atoms with E-state index in [1.54, 1.807) is 18.2 Å². The average molecular weight is 407 g/mol. The Balaban J connectivity index is 0.000000221. The highest BCUT2D eigenvalue weighted by Crippen LogP contribution is 2.29. The van der Waals surface area contributed by atoms with E-state index in [9.17, 15) is 22.7 Å². The summed E-state index contributed by atoms with van der Waals surface area (Å²) in [5.41, 5.74) is 1.61. The molecule has 0 radical (unpaired) electrons. The number of hydrogen-bond acceptors (Lipinski definition) is 2. The molecule has 0 aromatic heterocycles. The van der Waals surface area contributed by atoms with Crippen molar-refractivity contribution >= 4 is 6.08 Å². The molecule has 0 spiro atoms. The quantitative estimate of drug-likeness (QED) is 0.468. The van der Waals surface area contributed by atoms with Crippen LogP contribution in [0, 0.1) is 11.7 Å². The third-order valence-corrected chi connectivity index (χ3v) is 4.80. The van der Waals surface area contributed by atoms with E-state index in [2.05, 4.69) is 18.1 Å². The van der Waals surface area contributed by atoms with Crippen LogP contribution in [0.3, 0.4) is 0 Å². The maximum absolute atomic E-state index is 13.7. The number of aliphatic hydroxyl groups excluding tert-OH is 1. The molecule has 1 aliphatic rings. The van der Waals surface area contributed by atoms with Crippen molar-refractivity contribution < 1.29 is 22.7 Å². The van der Waals surface area contributed by atoms with Crippen LogP contribution in [0.1, 0.15) is 29.2 Å². The van der Waals surface area contributed by atoms with Gasteiger partial charge in [0.15, 0.2) is 0 Å². The molecule has 3 rings (SSSR count). The Kier molecular flexibility index (Phi) is 7.62. The molecule has 2 aromatic carbocycles. The summed E-state index contributed by atoms with van der Waals surface area (Å²) < 4.78 is 50.0. The van der Waals surface area contributed by atoms with Gasteiger partial charge in [0.2, 0.25) is 0 Å². The van der Waals surface area contributed by atoms with Crippen LogP contribution < -0.4 is 0 Å². The summed E-state index contributed by atoms with van der Waals surface area (Å²) in [6, 6.07) is 10.5. The lowest BCUT2D eigenvalue weighted by atomic mass is 9.97.